The van der Waals surface area contributed by atoms with Gasteiger partial charge in [-0.3, -0.25) is 0 Å². The number of anilines is 2. The molecular formula is C23H23N5. The maximum Gasteiger partial charge on any atom is 0.149 e. The van der Waals surface area contributed by atoms with E-state index in [-0.39, 0.29) is 12.1 Å². The standard InChI is InChI=1S/C23H23N5/c24-15-18-10-8-17(9-11-18)12-14-25-22(19-5-2-1-3-6-19)21-16-27-20-7-4-13-26-23(20)28-21/h1-11,13,21-22,25,27H,12,14,16H2,(H,26,28)/t21-,22-/m1/s1. The Bertz CT molecular complexity index is 947. The monoisotopic (exact) mass is 369 g/mol. The molecule has 140 valence electrons. The number of benzene rings is 2. The summed E-state index contributed by atoms with van der Waals surface area (Å²) in [6, 6.07) is 24.8. The molecule has 0 fully saturated rings. The second-order valence-electron chi connectivity index (χ2n) is 6.93. The Balaban J connectivity index is 1.46. The fourth-order valence-corrected chi connectivity index (χ4v) is 3.58. The summed E-state index contributed by atoms with van der Waals surface area (Å²) in [6.07, 6.45) is 2.72. The normalized spacial score (nSPS) is 16.2. The molecule has 0 saturated heterocycles. The van der Waals surface area contributed by atoms with E-state index in [0.717, 1.165) is 31.0 Å². The molecule has 0 radical (unpaired) electrons. The van der Waals surface area contributed by atoms with Crippen molar-refractivity contribution in [3.8, 4) is 6.07 Å². The Hall–Kier alpha value is -3.36. The molecule has 5 nitrogen and oxygen atoms in total. The van der Waals surface area contributed by atoms with E-state index >= 15 is 0 Å². The van der Waals surface area contributed by atoms with Crippen molar-refractivity contribution in [2.75, 3.05) is 23.7 Å². The average molecular weight is 369 g/mol. The third-order valence-corrected chi connectivity index (χ3v) is 5.06. The average Bonchev–Trinajstić information content (AvgIpc) is 2.77. The van der Waals surface area contributed by atoms with Crippen molar-refractivity contribution in [1.82, 2.24) is 10.3 Å². The maximum atomic E-state index is 8.94. The first-order chi connectivity index (χ1) is 13.8. The van der Waals surface area contributed by atoms with Gasteiger partial charge in [0, 0.05) is 12.7 Å². The van der Waals surface area contributed by atoms with Gasteiger partial charge in [0.1, 0.15) is 5.82 Å². The number of hydrogen-bond donors (Lipinski definition) is 3. The molecule has 3 N–H and O–H groups in total. The van der Waals surface area contributed by atoms with E-state index in [1.807, 2.05) is 48.7 Å². The SMILES string of the molecule is N#Cc1ccc(CCN[C@H](c2ccccc2)[C@H]2CNc3cccnc3N2)cc1. The van der Waals surface area contributed by atoms with Gasteiger partial charge in [-0.2, -0.15) is 5.26 Å². The van der Waals surface area contributed by atoms with E-state index < -0.39 is 0 Å². The molecule has 5 heteroatoms. The van der Waals surface area contributed by atoms with Crippen LogP contribution < -0.4 is 16.0 Å². The molecule has 4 rings (SSSR count). The Morgan fingerprint density at radius 2 is 1.89 bits per heavy atom. The molecular weight excluding hydrogens is 346 g/mol. The van der Waals surface area contributed by atoms with Gasteiger partial charge in [-0.05, 0) is 48.4 Å². The van der Waals surface area contributed by atoms with E-state index in [4.69, 9.17) is 5.26 Å². The highest BCUT2D eigenvalue weighted by Crippen LogP contribution is 2.28. The van der Waals surface area contributed by atoms with E-state index in [1.54, 1.807) is 0 Å². The van der Waals surface area contributed by atoms with Crippen LogP contribution in [0.3, 0.4) is 0 Å². The molecule has 3 aromatic rings. The number of hydrogen-bond acceptors (Lipinski definition) is 5. The first-order valence-corrected chi connectivity index (χ1v) is 9.56. The van der Waals surface area contributed by atoms with Gasteiger partial charge in [-0.1, -0.05) is 42.5 Å². The Morgan fingerprint density at radius 1 is 1.07 bits per heavy atom. The van der Waals surface area contributed by atoms with Crippen LogP contribution in [0.15, 0.2) is 72.9 Å². The van der Waals surface area contributed by atoms with E-state index in [9.17, 15) is 0 Å². The predicted octanol–water partition coefficient (Wildman–Crippen LogP) is 3.73. The number of nitrogens with zero attached hydrogens (tertiary/aromatic N) is 2. The van der Waals surface area contributed by atoms with Crippen molar-refractivity contribution in [2.45, 2.75) is 18.5 Å². The van der Waals surface area contributed by atoms with Gasteiger partial charge < -0.3 is 16.0 Å². The van der Waals surface area contributed by atoms with Gasteiger partial charge in [0.2, 0.25) is 0 Å². The second kappa shape index (κ2) is 8.55. The lowest BCUT2D eigenvalue weighted by Crippen LogP contribution is -2.44. The van der Waals surface area contributed by atoms with Crippen LogP contribution in [0.1, 0.15) is 22.7 Å². The summed E-state index contributed by atoms with van der Waals surface area (Å²) in [5, 5.41) is 19.7. The Labute approximate surface area is 165 Å². The van der Waals surface area contributed by atoms with Gasteiger partial charge in [-0.15, -0.1) is 0 Å². The second-order valence-corrected chi connectivity index (χ2v) is 6.93. The highest BCUT2D eigenvalue weighted by Gasteiger charge is 2.27. The zero-order valence-electron chi connectivity index (χ0n) is 15.6. The molecule has 1 aromatic heterocycles. The summed E-state index contributed by atoms with van der Waals surface area (Å²) in [5.74, 6) is 0.897. The fourth-order valence-electron chi connectivity index (χ4n) is 3.58. The van der Waals surface area contributed by atoms with Crippen LogP contribution in [0.4, 0.5) is 11.5 Å². The van der Waals surface area contributed by atoms with Crippen molar-refractivity contribution in [3.05, 3.63) is 89.6 Å². The van der Waals surface area contributed by atoms with E-state index in [2.05, 4.69) is 51.3 Å². The molecule has 2 atom stereocenters. The number of fused-ring (bicyclic) bond motifs is 1. The van der Waals surface area contributed by atoms with Crippen LogP contribution >= 0.6 is 0 Å². The molecule has 0 unspecified atom stereocenters. The minimum absolute atomic E-state index is 0.155. The third-order valence-electron chi connectivity index (χ3n) is 5.06. The highest BCUT2D eigenvalue weighted by atomic mass is 15.2. The smallest absolute Gasteiger partial charge is 0.149 e. The number of pyridine rings is 1. The van der Waals surface area contributed by atoms with Crippen molar-refractivity contribution in [1.29, 1.82) is 5.26 Å². The van der Waals surface area contributed by atoms with Crippen LogP contribution in [0, 0.1) is 11.3 Å². The number of aromatic nitrogens is 1. The number of nitriles is 1. The summed E-state index contributed by atoms with van der Waals surface area (Å²) in [5.41, 5.74) is 4.21. The molecule has 0 amide bonds. The van der Waals surface area contributed by atoms with Crippen molar-refractivity contribution in [3.63, 3.8) is 0 Å². The van der Waals surface area contributed by atoms with Gasteiger partial charge in [0.05, 0.1) is 29.4 Å². The van der Waals surface area contributed by atoms with Gasteiger partial charge in [0.15, 0.2) is 0 Å². The van der Waals surface area contributed by atoms with Gasteiger partial charge in [-0.25, -0.2) is 4.98 Å². The van der Waals surface area contributed by atoms with Crippen molar-refractivity contribution >= 4 is 11.5 Å². The summed E-state index contributed by atoms with van der Waals surface area (Å²) in [6.45, 7) is 1.67. The number of rotatable bonds is 6. The molecule has 28 heavy (non-hydrogen) atoms. The van der Waals surface area contributed by atoms with Gasteiger partial charge >= 0.3 is 0 Å². The molecule has 0 saturated carbocycles. The predicted molar refractivity (Wildman–Crippen MR) is 112 cm³/mol. The molecule has 1 aliphatic rings. The van der Waals surface area contributed by atoms with Crippen LogP contribution in [-0.2, 0) is 6.42 Å². The first kappa shape index (κ1) is 18.0. The lowest BCUT2D eigenvalue weighted by molar-refractivity contribution is 0.472. The molecule has 2 aromatic carbocycles. The first-order valence-electron chi connectivity index (χ1n) is 9.56. The largest absolute Gasteiger partial charge is 0.380 e. The quantitative estimate of drug-likeness (QED) is 0.617. The summed E-state index contributed by atoms with van der Waals surface area (Å²) >= 11 is 0. The van der Waals surface area contributed by atoms with E-state index in [0.29, 0.717) is 5.56 Å². The Morgan fingerprint density at radius 3 is 2.68 bits per heavy atom. The molecule has 1 aliphatic heterocycles. The molecule has 0 spiro atoms. The molecule has 2 heterocycles. The van der Waals surface area contributed by atoms with Crippen LogP contribution in [0.5, 0.6) is 0 Å². The lowest BCUT2D eigenvalue weighted by Gasteiger charge is -2.34. The highest BCUT2D eigenvalue weighted by molar-refractivity contribution is 5.67. The topological polar surface area (TPSA) is 72.8 Å². The Kier molecular flexibility index (Phi) is 5.51. The lowest BCUT2D eigenvalue weighted by atomic mass is 9.97. The third kappa shape index (κ3) is 4.13. The summed E-state index contributed by atoms with van der Waals surface area (Å²) < 4.78 is 0. The van der Waals surface area contributed by atoms with Crippen LogP contribution in [-0.4, -0.2) is 24.1 Å². The van der Waals surface area contributed by atoms with Crippen molar-refractivity contribution in [2.24, 2.45) is 0 Å². The zero-order chi connectivity index (χ0) is 19.2. The van der Waals surface area contributed by atoms with Crippen LogP contribution in [0.2, 0.25) is 0 Å². The molecule has 0 aliphatic carbocycles. The van der Waals surface area contributed by atoms with Crippen LogP contribution in [0.25, 0.3) is 0 Å². The van der Waals surface area contributed by atoms with Crippen molar-refractivity contribution < 1.29 is 0 Å². The fraction of sp³-hybridized carbons (Fsp3) is 0.217. The summed E-state index contributed by atoms with van der Waals surface area (Å²) in [4.78, 5) is 4.46. The minimum atomic E-state index is 0.155. The van der Waals surface area contributed by atoms with E-state index in [1.165, 1.54) is 11.1 Å². The summed E-state index contributed by atoms with van der Waals surface area (Å²) in [7, 11) is 0. The number of nitrogens with one attached hydrogen (secondary N) is 3. The maximum absolute atomic E-state index is 8.94. The molecule has 0 bridgehead atoms. The minimum Gasteiger partial charge on any atom is -0.380 e. The zero-order valence-corrected chi connectivity index (χ0v) is 15.6. The van der Waals surface area contributed by atoms with Gasteiger partial charge in [0.25, 0.3) is 0 Å².